The molecule has 2 unspecified atom stereocenters. The van der Waals surface area contributed by atoms with Crippen molar-refractivity contribution in [1.82, 2.24) is 5.32 Å². The van der Waals surface area contributed by atoms with Gasteiger partial charge in [0, 0.05) is 17.0 Å². The predicted molar refractivity (Wildman–Crippen MR) is 86.5 cm³/mol. The second-order valence-electron chi connectivity index (χ2n) is 6.32. The summed E-state index contributed by atoms with van der Waals surface area (Å²) < 4.78 is 0. The third-order valence-electron chi connectivity index (χ3n) is 4.50. The van der Waals surface area contributed by atoms with E-state index < -0.39 is 11.5 Å². The molecule has 114 valence electrons. The van der Waals surface area contributed by atoms with E-state index in [0.29, 0.717) is 11.3 Å². The molecule has 1 aromatic rings. The molecule has 0 aromatic heterocycles. The number of thioether (sulfide) groups is 1. The van der Waals surface area contributed by atoms with Gasteiger partial charge in [0.05, 0.1) is 0 Å². The zero-order valence-corrected chi connectivity index (χ0v) is 13.1. The van der Waals surface area contributed by atoms with Crippen LogP contribution in [0.1, 0.15) is 44.1 Å². The summed E-state index contributed by atoms with van der Waals surface area (Å²) in [5, 5.41) is 13.6. The van der Waals surface area contributed by atoms with Crippen LogP contribution in [0.25, 0.3) is 0 Å². The summed E-state index contributed by atoms with van der Waals surface area (Å²) in [6.07, 6.45) is 5.96. The molecule has 0 heterocycles. The Kier molecular flexibility index (Phi) is 4.55. The average molecular weight is 305 g/mol. The molecule has 1 aromatic carbocycles. The molecule has 3 rings (SSSR count). The summed E-state index contributed by atoms with van der Waals surface area (Å²) in [7, 11) is 0. The van der Waals surface area contributed by atoms with E-state index in [9.17, 15) is 9.90 Å². The standard InChI is InChI=1S/C17H23NO2S/c19-16(20)17(18-14-8-9-14)10-4-7-15(11-17)21-12-13-5-2-1-3-6-13/h1-3,5-6,14-15,18H,4,7-12H2,(H,19,20). The summed E-state index contributed by atoms with van der Waals surface area (Å²) in [5.74, 6) is 0.323. The Morgan fingerprint density at radius 2 is 2.05 bits per heavy atom. The van der Waals surface area contributed by atoms with Gasteiger partial charge in [-0.3, -0.25) is 10.1 Å². The van der Waals surface area contributed by atoms with Gasteiger partial charge in [-0.25, -0.2) is 0 Å². The molecule has 2 fully saturated rings. The second-order valence-corrected chi connectivity index (χ2v) is 7.61. The number of carbonyl (C=O) groups is 1. The van der Waals surface area contributed by atoms with Gasteiger partial charge in [-0.2, -0.15) is 11.8 Å². The highest BCUT2D eigenvalue weighted by molar-refractivity contribution is 7.99. The molecule has 0 radical (unpaired) electrons. The molecule has 0 saturated heterocycles. The first-order valence-electron chi connectivity index (χ1n) is 7.85. The highest BCUT2D eigenvalue weighted by Crippen LogP contribution is 2.38. The van der Waals surface area contributed by atoms with Gasteiger partial charge in [-0.05, 0) is 44.1 Å². The summed E-state index contributed by atoms with van der Waals surface area (Å²) >= 11 is 1.91. The van der Waals surface area contributed by atoms with Crippen molar-refractivity contribution >= 4 is 17.7 Å². The molecule has 2 aliphatic rings. The van der Waals surface area contributed by atoms with Crippen LogP contribution in [-0.2, 0) is 10.5 Å². The number of benzene rings is 1. The van der Waals surface area contributed by atoms with Gasteiger partial charge in [-0.1, -0.05) is 30.3 Å². The maximum atomic E-state index is 11.8. The lowest BCUT2D eigenvalue weighted by Gasteiger charge is -2.38. The van der Waals surface area contributed by atoms with Gasteiger partial charge in [0.1, 0.15) is 5.54 Å². The summed E-state index contributed by atoms with van der Waals surface area (Å²) in [6, 6.07) is 10.9. The molecule has 0 amide bonds. The third-order valence-corrected chi connectivity index (χ3v) is 5.88. The average Bonchev–Trinajstić information content (AvgIpc) is 3.30. The fraction of sp³-hybridized carbons (Fsp3) is 0.588. The minimum atomic E-state index is -0.673. The van der Waals surface area contributed by atoms with Crippen LogP contribution in [-0.4, -0.2) is 27.9 Å². The van der Waals surface area contributed by atoms with E-state index in [1.54, 1.807) is 0 Å². The van der Waals surface area contributed by atoms with Crippen LogP contribution in [0.15, 0.2) is 30.3 Å². The monoisotopic (exact) mass is 305 g/mol. The number of rotatable bonds is 6. The van der Waals surface area contributed by atoms with E-state index in [-0.39, 0.29) is 0 Å². The number of carboxylic acids is 1. The Morgan fingerprint density at radius 1 is 1.29 bits per heavy atom. The molecular formula is C17H23NO2S. The summed E-state index contributed by atoms with van der Waals surface area (Å²) in [4.78, 5) is 11.8. The van der Waals surface area contributed by atoms with Crippen LogP contribution in [0, 0.1) is 0 Å². The van der Waals surface area contributed by atoms with Gasteiger partial charge in [0.2, 0.25) is 0 Å². The normalized spacial score (nSPS) is 29.2. The molecule has 2 saturated carbocycles. The van der Waals surface area contributed by atoms with Crippen LogP contribution in [0.2, 0.25) is 0 Å². The Bertz CT molecular complexity index is 489. The number of hydrogen-bond donors (Lipinski definition) is 2. The molecular weight excluding hydrogens is 282 g/mol. The quantitative estimate of drug-likeness (QED) is 0.845. The van der Waals surface area contributed by atoms with Crippen LogP contribution in [0.3, 0.4) is 0 Å². The second kappa shape index (κ2) is 6.41. The van der Waals surface area contributed by atoms with Crippen molar-refractivity contribution in [3.05, 3.63) is 35.9 Å². The summed E-state index contributed by atoms with van der Waals surface area (Å²) in [5.41, 5.74) is 0.650. The SMILES string of the molecule is O=C(O)C1(NC2CC2)CCCC(SCc2ccccc2)C1. The molecule has 21 heavy (non-hydrogen) atoms. The molecule has 2 N–H and O–H groups in total. The van der Waals surface area contributed by atoms with Crippen molar-refractivity contribution < 1.29 is 9.90 Å². The van der Waals surface area contributed by atoms with Gasteiger partial charge < -0.3 is 5.11 Å². The smallest absolute Gasteiger partial charge is 0.323 e. The van der Waals surface area contributed by atoms with Gasteiger partial charge in [0.15, 0.2) is 0 Å². The van der Waals surface area contributed by atoms with Crippen molar-refractivity contribution in [1.29, 1.82) is 0 Å². The molecule has 2 aliphatic carbocycles. The van der Waals surface area contributed by atoms with Crippen LogP contribution in [0.4, 0.5) is 0 Å². The van der Waals surface area contributed by atoms with Crippen LogP contribution < -0.4 is 5.32 Å². The van der Waals surface area contributed by atoms with Crippen molar-refractivity contribution in [3.8, 4) is 0 Å². The molecule has 2 atom stereocenters. The van der Waals surface area contributed by atoms with Crippen LogP contribution in [0.5, 0.6) is 0 Å². The van der Waals surface area contributed by atoms with E-state index in [2.05, 4.69) is 29.6 Å². The van der Waals surface area contributed by atoms with E-state index >= 15 is 0 Å². The fourth-order valence-electron chi connectivity index (χ4n) is 3.16. The molecule has 3 nitrogen and oxygen atoms in total. The Morgan fingerprint density at radius 3 is 2.71 bits per heavy atom. The zero-order valence-electron chi connectivity index (χ0n) is 12.3. The van der Waals surface area contributed by atoms with Crippen molar-refractivity contribution in [3.63, 3.8) is 0 Å². The first kappa shape index (κ1) is 14.9. The number of hydrogen-bond acceptors (Lipinski definition) is 3. The van der Waals surface area contributed by atoms with Crippen LogP contribution >= 0.6 is 11.8 Å². The molecule has 4 heteroatoms. The largest absolute Gasteiger partial charge is 0.480 e. The van der Waals surface area contributed by atoms with Crippen molar-refractivity contribution in [2.75, 3.05) is 0 Å². The predicted octanol–water partition coefficient (Wildman–Crippen LogP) is 3.44. The van der Waals surface area contributed by atoms with Gasteiger partial charge in [0.25, 0.3) is 0 Å². The van der Waals surface area contributed by atoms with E-state index in [4.69, 9.17) is 0 Å². The molecule has 0 bridgehead atoms. The first-order valence-corrected chi connectivity index (χ1v) is 8.89. The number of aliphatic carboxylic acids is 1. The van der Waals surface area contributed by atoms with E-state index in [1.165, 1.54) is 5.56 Å². The van der Waals surface area contributed by atoms with Crippen molar-refractivity contribution in [2.45, 2.75) is 61.1 Å². The first-order chi connectivity index (χ1) is 10.2. The highest BCUT2D eigenvalue weighted by atomic mass is 32.2. The Balaban J connectivity index is 1.59. The van der Waals surface area contributed by atoms with E-state index in [1.807, 2.05) is 17.8 Å². The lowest BCUT2D eigenvalue weighted by molar-refractivity contribution is -0.146. The minimum absolute atomic E-state index is 0.443. The topological polar surface area (TPSA) is 49.3 Å². The van der Waals surface area contributed by atoms with E-state index in [0.717, 1.165) is 44.3 Å². The number of nitrogens with one attached hydrogen (secondary N) is 1. The minimum Gasteiger partial charge on any atom is -0.480 e. The lowest BCUT2D eigenvalue weighted by Crippen LogP contribution is -2.56. The zero-order chi connectivity index (χ0) is 14.7. The fourth-order valence-corrected chi connectivity index (χ4v) is 4.52. The maximum Gasteiger partial charge on any atom is 0.323 e. The lowest BCUT2D eigenvalue weighted by atomic mass is 9.81. The Labute approximate surface area is 130 Å². The highest BCUT2D eigenvalue weighted by Gasteiger charge is 2.45. The summed E-state index contributed by atoms with van der Waals surface area (Å²) in [6.45, 7) is 0. The van der Waals surface area contributed by atoms with Crippen molar-refractivity contribution in [2.24, 2.45) is 0 Å². The van der Waals surface area contributed by atoms with Gasteiger partial charge >= 0.3 is 5.97 Å². The van der Waals surface area contributed by atoms with Gasteiger partial charge in [-0.15, -0.1) is 0 Å². The third kappa shape index (κ3) is 3.80. The molecule has 0 aliphatic heterocycles. The molecule has 0 spiro atoms. The maximum absolute atomic E-state index is 11.8. The number of carboxylic acid groups (broad SMARTS) is 1. The Hall–Kier alpha value is -1.00.